The number of carbonyl (C=O) groups is 1. The molecule has 102 valence electrons. The molecule has 0 saturated carbocycles. The number of carbonyl (C=O) groups excluding carboxylic acids is 1. The zero-order valence-corrected chi connectivity index (χ0v) is 12.7. The van der Waals surface area contributed by atoms with Gasteiger partial charge < -0.3 is 10.6 Å². The van der Waals surface area contributed by atoms with Gasteiger partial charge in [0.1, 0.15) is 0 Å². The van der Waals surface area contributed by atoms with Gasteiger partial charge in [0.15, 0.2) is 0 Å². The van der Waals surface area contributed by atoms with Crippen LogP contribution in [-0.4, -0.2) is 36.0 Å². The molecule has 17 heavy (non-hydrogen) atoms. The van der Waals surface area contributed by atoms with Gasteiger partial charge in [0.05, 0.1) is 6.04 Å². The fraction of sp³-hybridized carbons (Fsp3) is 0.923. The maximum absolute atomic E-state index is 11.7. The molecule has 4 heteroatoms. The van der Waals surface area contributed by atoms with Gasteiger partial charge in [0, 0.05) is 5.54 Å². The predicted octanol–water partition coefficient (Wildman–Crippen LogP) is 2.41. The average Bonchev–Trinajstić information content (AvgIpc) is 2.20. The van der Waals surface area contributed by atoms with Crippen molar-refractivity contribution in [3.8, 4) is 0 Å². The minimum atomic E-state index is -0.147. The Morgan fingerprint density at radius 3 is 2.41 bits per heavy atom. The third-order valence-electron chi connectivity index (χ3n) is 2.37. The Morgan fingerprint density at radius 1 is 1.24 bits per heavy atom. The maximum Gasteiger partial charge on any atom is 0.237 e. The molecule has 0 aromatic carbocycles. The SMILES string of the molecule is CSCCCCCNC(C)C(=O)NC(C)(C)C. The third kappa shape index (κ3) is 10.6. The van der Waals surface area contributed by atoms with Crippen molar-refractivity contribution in [2.24, 2.45) is 0 Å². The van der Waals surface area contributed by atoms with E-state index in [0.29, 0.717) is 0 Å². The third-order valence-corrected chi connectivity index (χ3v) is 3.06. The molecular weight excluding hydrogens is 232 g/mol. The summed E-state index contributed by atoms with van der Waals surface area (Å²) in [6.07, 6.45) is 5.79. The topological polar surface area (TPSA) is 41.1 Å². The Hall–Kier alpha value is -0.220. The van der Waals surface area contributed by atoms with Crippen molar-refractivity contribution in [2.75, 3.05) is 18.6 Å². The molecule has 1 amide bonds. The number of hydrogen-bond acceptors (Lipinski definition) is 3. The first-order valence-corrected chi connectivity index (χ1v) is 7.80. The average molecular weight is 260 g/mol. The number of thioether (sulfide) groups is 1. The van der Waals surface area contributed by atoms with Gasteiger partial charge in [-0.3, -0.25) is 4.79 Å². The molecule has 0 bridgehead atoms. The van der Waals surface area contributed by atoms with Gasteiger partial charge in [-0.1, -0.05) is 6.42 Å². The minimum Gasteiger partial charge on any atom is -0.350 e. The van der Waals surface area contributed by atoms with E-state index in [2.05, 4.69) is 16.9 Å². The van der Waals surface area contributed by atoms with Crippen LogP contribution in [0.3, 0.4) is 0 Å². The van der Waals surface area contributed by atoms with E-state index in [1.165, 1.54) is 18.6 Å². The number of unbranched alkanes of at least 4 members (excludes halogenated alkanes) is 2. The first-order chi connectivity index (χ1) is 7.87. The molecule has 2 N–H and O–H groups in total. The Balaban J connectivity index is 3.58. The second-order valence-corrected chi connectivity index (χ2v) is 6.45. The maximum atomic E-state index is 11.7. The van der Waals surface area contributed by atoms with Crippen molar-refractivity contribution in [3.63, 3.8) is 0 Å². The van der Waals surface area contributed by atoms with Crippen LogP contribution in [0.25, 0.3) is 0 Å². The van der Waals surface area contributed by atoms with Crippen molar-refractivity contribution in [3.05, 3.63) is 0 Å². The molecular formula is C13H28N2OS. The molecule has 0 spiro atoms. The Bertz CT molecular complexity index is 214. The van der Waals surface area contributed by atoms with Gasteiger partial charge >= 0.3 is 0 Å². The van der Waals surface area contributed by atoms with Gasteiger partial charge in [0.2, 0.25) is 5.91 Å². The van der Waals surface area contributed by atoms with Crippen molar-refractivity contribution >= 4 is 17.7 Å². The van der Waals surface area contributed by atoms with Gasteiger partial charge in [-0.2, -0.15) is 11.8 Å². The molecule has 0 aromatic heterocycles. The lowest BCUT2D eigenvalue weighted by atomic mass is 10.1. The lowest BCUT2D eigenvalue weighted by Crippen LogP contribution is -2.49. The summed E-state index contributed by atoms with van der Waals surface area (Å²) in [6.45, 7) is 8.84. The second kappa shape index (κ2) is 8.81. The van der Waals surface area contributed by atoms with Crippen LogP contribution in [-0.2, 0) is 4.79 Å². The van der Waals surface area contributed by atoms with Gasteiger partial charge in [0.25, 0.3) is 0 Å². The smallest absolute Gasteiger partial charge is 0.237 e. The summed E-state index contributed by atoms with van der Waals surface area (Å²) in [4.78, 5) is 11.7. The lowest BCUT2D eigenvalue weighted by Gasteiger charge is -2.23. The summed E-state index contributed by atoms with van der Waals surface area (Å²) in [7, 11) is 0. The Morgan fingerprint density at radius 2 is 1.88 bits per heavy atom. The summed E-state index contributed by atoms with van der Waals surface area (Å²) >= 11 is 1.89. The fourth-order valence-corrected chi connectivity index (χ4v) is 1.93. The zero-order chi connectivity index (χ0) is 13.3. The van der Waals surface area contributed by atoms with Crippen LogP contribution >= 0.6 is 11.8 Å². The van der Waals surface area contributed by atoms with Crippen LogP contribution in [0.15, 0.2) is 0 Å². The highest BCUT2D eigenvalue weighted by atomic mass is 32.2. The standard InChI is InChI=1S/C13H28N2OS/c1-11(12(16)15-13(2,3)4)14-9-7-6-8-10-17-5/h11,14H,6-10H2,1-5H3,(H,15,16). The van der Waals surface area contributed by atoms with Crippen molar-refractivity contribution in [2.45, 2.75) is 58.5 Å². The summed E-state index contributed by atoms with van der Waals surface area (Å²) in [5.74, 6) is 1.32. The second-order valence-electron chi connectivity index (χ2n) is 5.47. The van der Waals surface area contributed by atoms with Crippen LogP contribution in [0.1, 0.15) is 47.0 Å². The van der Waals surface area contributed by atoms with Gasteiger partial charge in [-0.05, 0) is 59.1 Å². The molecule has 0 heterocycles. The van der Waals surface area contributed by atoms with E-state index in [1.807, 2.05) is 39.5 Å². The minimum absolute atomic E-state index is 0.0848. The van der Waals surface area contributed by atoms with Crippen molar-refractivity contribution in [1.29, 1.82) is 0 Å². The highest BCUT2D eigenvalue weighted by Gasteiger charge is 2.18. The molecule has 0 aliphatic carbocycles. The molecule has 1 atom stereocenters. The van der Waals surface area contributed by atoms with Crippen molar-refractivity contribution in [1.82, 2.24) is 10.6 Å². The van der Waals surface area contributed by atoms with Gasteiger partial charge in [-0.15, -0.1) is 0 Å². The number of rotatable bonds is 8. The summed E-state index contributed by atoms with van der Waals surface area (Å²) in [5, 5.41) is 6.24. The number of nitrogens with one attached hydrogen (secondary N) is 2. The summed E-state index contributed by atoms with van der Waals surface area (Å²) in [5.41, 5.74) is -0.147. The summed E-state index contributed by atoms with van der Waals surface area (Å²) in [6, 6.07) is -0.102. The highest BCUT2D eigenvalue weighted by Crippen LogP contribution is 2.02. The Labute approximate surface area is 111 Å². The van der Waals surface area contributed by atoms with E-state index in [1.54, 1.807) is 0 Å². The molecule has 0 aromatic rings. The molecule has 1 unspecified atom stereocenters. The first kappa shape index (κ1) is 16.8. The van der Waals surface area contributed by atoms with E-state index in [4.69, 9.17) is 0 Å². The van der Waals surface area contributed by atoms with Crippen LogP contribution < -0.4 is 10.6 Å². The largest absolute Gasteiger partial charge is 0.350 e. The normalized spacial score (nSPS) is 13.5. The molecule has 0 aliphatic rings. The predicted molar refractivity (Wildman–Crippen MR) is 77.6 cm³/mol. The lowest BCUT2D eigenvalue weighted by molar-refractivity contribution is -0.124. The van der Waals surface area contributed by atoms with Crippen LogP contribution in [0.2, 0.25) is 0 Å². The van der Waals surface area contributed by atoms with Crippen molar-refractivity contribution < 1.29 is 4.79 Å². The molecule has 0 radical (unpaired) electrons. The van der Waals surface area contributed by atoms with E-state index < -0.39 is 0 Å². The molecule has 0 aliphatic heterocycles. The quantitative estimate of drug-likeness (QED) is 0.659. The van der Waals surface area contributed by atoms with Crippen LogP contribution in [0.4, 0.5) is 0 Å². The van der Waals surface area contributed by atoms with E-state index in [9.17, 15) is 4.79 Å². The first-order valence-electron chi connectivity index (χ1n) is 6.41. The molecule has 0 rings (SSSR count). The number of amides is 1. The van der Waals surface area contributed by atoms with Crippen LogP contribution in [0, 0.1) is 0 Å². The molecule has 0 fully saturated rings. The highest BCUT2D eigenvalue weighted by molar-refractivity contribution is 7.98. The zero-order valence-electron chi connectivity index (χ0n) is 11.9. The van der Waals surface area contributed by atoms with E-state index in [-0.39, 0.29) is 17.5 Å². The van der Waals surface area contributed by atoms with E-state index in [0.717, 1.165) is 13.0 Å². The van der Waals surface area contributed by atoms with E-state index >= 15 is 0 Å². The molecule has 3 nitrogen and oxygen atoms in total. The summed E-state index contributed by atoms with van der Waals surface area (Å²) < 4.78 is 0. The fourth-order valence-electron chi connectivity index (χ4n) is 1.44. The number of hydrogen-bond donors (Lipinski definition) is 2. The molecule has 0 saturated heterocycles. The van der Waals surface area contributed by atoms with Gasteiger partial charge in [-0.25, -0.2) is 0 Å². The monoisotopic (exact) mass is 260 g/mol. The Kier molecular flexibility index (Phi) is 8.70. The van der Waals surface area contributed by atoms with Crippen LogP contribution in [0.5, 0.6) is 0 Å².